The molecule has 0 spiro atoms. The molecule has 1 saturated heterocycles. The molecular formula is C7H13N3O3. The van der Waals surface area contributed by atoms with Crippen LogP contribution in [0.4, 0.5) is 0 Å². The molecule has 1 aliphatic rings. The van der Waals surface area contributed by atoms with Gasteiger partial charge in [0.25, 0.3) is 0 Å². The Hall–Kier alpha value is -0.980. The maximum Gasteiger partial charge on any atom is 0.352 e. The van der Waals surface area contributed by atoms with E-state index in [1.165, 1.54) is 0 Å². The number of rotatable bonds is 3. The molecule has 0 saturated carbocycles. The molecule has 13 heavy (non-hydrogen) atoms. The number of nitrogens with one attached hydrogen (secondary N) is 1. The van der Waals surface area contributed by atoms with Gasteiger partial charge in [-0.1, -0.05) is 0 Å². The molecule has 74 valence electrons. The zero-order chi connectivity index (χ0) is 9.90. The van der Waals surface area contributed by atoms with Gasteiger partial charge in [-0.2, -0.15) is 5.90 Å². The SMILES string of the molecule is NCC(=O)[C@@]1(C(=O)ON)CCCN1. The molecule has 0 bridgehead atoms. The first-order valence-corrected chi connectivity index (χ1v) is 4.07. The lowest BCUT2D eigenvalue weighted by atomic mass is 9.92. The Bertz CT molecular complexity index is 205. The summed E-state index contributed by atoms with van der Waals surface area (Å²) in [5.74, 6) is 3.62. The van der Waals surface area contributed by atoms with E-state index in [0.29, 0.717) is 13.0 Å². The molecule has 1 fully saturated rings. The maximum absolute atomic E-state index is 11.4. The molecule has 1 atom stereocenters. The van der Waals surface area contributed by atoms with E-state index in [-0.39, 0.29) is 12.3 Å². The van der Waals surface area contributed by atoms with E-state index < -0.39 is 11.5 Å². The fraction of sp³-hybridized carbons (Fsp3) is 0.714. The molecule has 6 heteroatoms. The average molecular weight is 187 g/mol. The molecule has 0 radical (unpaired) electrons. The van der Waals surface area contributed by atoms with Gasteiger partial charge in [-0.15, -0.1) is 0 Å². The van der Waals surface area contributed by atoms with Crippen molar-refractivity contribution in [3.05, 3.63) is 0 Å². The topological polar surface area (TPSA) is 107 Å². The standard InChI is InChI=1S/C7H13N3O3/c8-4-5(11)7(6(12)13-9)2-1-3-10-7/h10H,1-4,8-9H2/t7-/m1/s1. The number of ketones is 1. The zero-order valence-corrected chi connectivity index (χ0v) is 7.21. The number of carbonyl (C=O) groups excluding carboxylic acids is 2. The quantitative estimate of drug-likeness (QED) is 0.350. The summed E-state index contributed by atoms with van der Waals surface area (Å²) in [5.41, 5.74) is 3.90. The van der Waals surface area contributed by atoms with Crippen LogP contribution in [0.25, 0.3) is 0 Å². The molecule has 5 N–H and O–H groups in total. The van der Waals surface area contributed by atoms with E-state index in [9.17, 15) is 9.59 Å². The minimum absolute atomic E-state index is 0.192. The normalized spacial score (nSPS) is 27.2. The van der Waals surface area contributed by atoms with Gasteiger partial charge in [-0.3, -0.25) is 10.1 Å². The van der Waals surface area contributed by atoms with E-state index in [0.717, 1.165) is 6.42 Å². The Labute approximate surface area is 75.5 Å². The van der Waals surface area contributed by atoms with Crippen LogP contribution in [0.1, 0.15) is 12.8 Å². The van der Waals surface area contributed by atoms with E-state index in [1.54, 1.807) is 0 Å². The lowest BCUT2D eigenvalue weighted by Crippen LogP contribution is -2.57. The van der Waals surface area contributed by atoms with Crippen molar-refractivity contribution >= 4 is 11.8 Å². The smallest absolute Gasteiger partial charge is 0.352 e. The monoisotopic (exact) mass is 187 g/mol. The van der Waals surface area contributed by atoms with Crippen molar-refractivity contribution in [2.24, 2.45) is 11.6 Å². The van der Waals surface area contributed by atoms with Gasteiger partial charge in [0.1, 0.15) is 0 Å². The zero-order valence-electron chi connectivity index (χ0n) is 7.21. The Morgan fingerprint density at radius 2 is 2.23 bits per heavy atom. The van der Waals surface area contributed by atoms with Crippen LogP contribution >= 0.6 is 0 Å². The van der Waals surface area contributed by atoms with Gasteiger partial charge < -0.3 is 10.6 Å². The van der Waals surface area contributed by atoms with Crippen LogP contribution < -0.4 is 16.9 Å². The highest BCUT2D eigenvalue weighted by Crippen LogP contribution is 2.21. The Morgan fingerprint density at radius 1 is 1.54 bits per heavy atom. The molecule has 0 aromatic heterocycles. The molecule has 0 unspecified atom stereocenters. The third-order valence-corrected chi connectivity index (χ3v) is 2.27. The van der Waals surface area contributed by atoms with Crippen molar-refractivity contribution in [2.75, 3.05) is 13.1 Å². The van der Waals surface area contributed by atoms with Crippen molar-refractivity contribution < 1.29 is 14.4 Å². The average Bonchev–Trinajstić information content (AvgIpc) is 2.65. The van der Waals surface area contributed by atoms with Crippen LogP contribution in [0, 0.1) is 0 Å². The summed E-state index contributed by atoms with van der Waals surface area (Å²) in [6.07, 6.45) is 1.14. The van der Waals surface area contributed by atoms with Gasteiger partial charge in [-0.05, 0) is 19.4 Å². The molecule has 1 aliphatic heterocycles. The molecule has 0 aromatic rings. The first kappa shape index (κ1) is 10.1. The molecule has 0 aromatic carbocycles. The van der Waals surface area contributed by atoms with Crippen LogP contribution in [0.3, 0.4) is 0 Å². The van der Waals surface area contributed by atoms with Crippen molar-refractivity contribution in [3.63, 3.8) is 0 Å². The summed E-state index contributed by atoms with van der Waals surface area (Å²) in [4.78, 5) is 26.7. The fourth-order valence-corrected chi connectivity index (χ4v) is 1.54. The van der Waals surface area contributed by atoms with Crippen LogP contribution in [-0.2, 0) is 14.4 Å². The van der Waals surface area contributed by atoms with Crippen molar-refractivity contribution in [1.82, 2.24) is 5.32 Å². The number of nitrogens with two attached hydrogens (primary N) is 2. The number of hydrogen-bond acceptors (Lipinski definition) is 6. The highest BCUT2D eigenvalue weighted by Gasteiger charge is 2.48. The van der Waals surface area contributed by atoms with Gasteiger partial charge in [0.2, 0.25) is 0 Å². The third-order valence-electron chi connectivity index (χ3n) is 2.27. The van der Waals surface area contributed by atoms with E-state index >= 15 is 0 Å². The molecule has 0 amide bonds. The van der Waals surface area contributed by atoms with Crippen molar-refractivity contribution in [1.29, 1.82) is 0 Å². The summed E-state index contributed by atoms with van der Waals surface area (Å²) in [5, 5.41) is 2.79. The van der Waals surface area contributed by atoms with Gasteiger partial charge in [0.15, 0.2) is 11.3 Å². The summed E-state index contributed by atoms with van der Waals surface area (Å²) in [6, 6.07) is 0. The van der Waals surface area contributed by atoms with Crippen LogP contribution in [-0.4, -0.2) is 30.4 Å². The first-order chi connectivity index (χ1) is 6.17. The first-order valence-electron chi connectivity index (χ1n) is 4.07. The van der Waals surface area contributed by atoms with Crippen LogP contribution in [0.2, 0.25) is 0 Å². The Morgan fingerprint density at radius 3 is 2.62 bits per heavy atom. The minimum Gasteiger partial charge on any atom is -0.372 e. The lowest BCUT2D eigenvalue weighted by molar-refractivity contribution is -0.155. The summed E-state index contributed by atoms with van der Waals surface area (Å²) in [7, 11) is 0. The van der Waals surface area contributed by atoms with Gasteiger partial charge in [0, 0.05) is 0 Å². The van der Waals surface area contributed by atoms with Gasteiger partial charge >= 0.3 is 5.97 Å². The lowest BCUT2D eigenvalue weighted by Gasteiger charge is -2.23. The van der Waals surface area contributed by atoms with Crippen LogP contribution in [0.15, 0.2) is 0 Å². The molecule has 6 nitrogen and oxygen atoms in total. The predicted octanol–water partition coefficient (Wildman–Crippen LogP) is -1.95. The van der Waals surface area contributed by atoms with Gasteiger partial charge in [0.05, 0.1) is 6.54 Å². The fourth-order valence-electron chi connectivity index (χ4n) is 1.54. The Kier molecular flexibility index (Phi) is 2.97. The maximum atomic E-state index is 11.4. The number of carbonyl (C=O) groups is 2. The Balaban J connectivity index is 2.86. The third kappa shape index (κ3) is 1.55. The highest BCUT2D eigenvalue weighted by atomic mass is 16.7. The minimum atomic E-state index is -1.29. The molecule has 0 aliphatic carbocycles. The van der Waals surface area contributed by atoms with Crippen molar-refractivity contribution in [3.8, 4) is 0 Å². The van der Waals surface area contributed by atoms with Gasteiger partial charge in [-0.25, -0.2) is 4.79 Å². The summed E-state index contributed by atoms with van der Waals surface area (Å²) in [6.45, 7) is 0.406. The van der Waals surface area contributed by atoms with E-state index in [4.69, 9.17) is 11.6 Å². The molecule has 1 heterocycles. The summed E-state index contributed by atoms with van der Waals surface area (Å²) < 4.78 is 0. The van der Waals surface area contributed by atoms with E-state index in [2.05, 4.69) is 10.2 Å². The summed E-state index contributed by atoms with van der Waals surface area (Å²) >= 11 is 0. The van der Waals surface area contributed by atoms with Crippen molar-refractivity contribution in [2.45, 2.75) is 18.4 Å². The van der Waals surface area contributed by atoms with E-state index in [1.807, 2.05) is 0 Å². The molecule has 1 rings (SSSR count). The van der Waals surface area contributed by atoms with Crippen LogP contribution in [0.5, 0.6) is 0 Å². The molecular weight excluding hydrogens is 174 g/mol. The second-order valence-corrected chi connectivity index (χ2v) is 2.97. The predicted molar refractivity (Wildman–Crippen MR) is 44.3 cm³/mol. The highest BCUT2D eigenvalue weighted by molar-refractivity contribution is 6.09. The number of Topliss-reactive ketones (excluding diaryl/α,β-unsaturated/α-hetero) is 1. The number of hydrogen-bond donors (Lipinski definition) is 3. The second-order valence-electron chi connectivity index (χ2n) is 2.97. The largest absolute Gasteiger partial charge is 0.372 e. The second kappa shape index (κ2) is 3.82.